The molecule has 3 aromatic rings. The monoisotopic (exact) mass is 315 g/mol. The van der Waals surface area contributed by atoms with Crippen molar-refractivity contribution in [1.29, 1.82) is 0 Å². The summed E-state index contributed by atoms with van der Waals surface area (Å²) in [6.45, 7) is 1.76. The summed E-state index contributed by atoms with van der Waals surface area (Å²) in [5.41, 5.74) is 4.56. The Balaban J connectivity index is 1.55. The Morgan fingerprint density at radius 1 is 1.32 bits per heavy atom. The number of amides is 1. The summed E-state index contributed by atoms with van der Waals surface area (Å²) in [7, 11) is 0. The van der Waals surface area contributed by atoms with Gasteiger partial charge >= 0.3 is 0 Å². The largest absolute Gasteiger partial charge is 0.463 e. The van der Waals surface area contributed by atoms with Crippen molar-refractivity contribution in [2.24, 2.45) is 5.10 Å². The van der Waals surface area contributed by atoms with Crippen LogP contribution < -0.4 is 5.43 Å². The Labute approximate surface area is 130 Å². The van der Waals surface area contributed by atoms with Crippen LogP contribution in [-0.4, -0.2) is 22.4 Å². The SMILES string of the molecule is CC(=NNC(=O)CSc1nc2ccccc2o1)c1ccco1. The molecule has 1 amide bonds. The molecule has 2 heterocycles. The first-order chi connectivity index (χ1) is 10.7. The summed E-state index contributed by atoms with van der Waals surface area (Å²) in [5.74, 6) is 0.548. The molecular formula is C15H13N3O3S. The number of thioether (sulfide) groups is 1. The van der Waals surface area contributed by atoms with Gasteiger partial charge in [-0.1, -0.05) is 23.9 Å². The number of oxazole rings is 1. The Hall–Kier alpha value is -2.54. The van der Waals surface area contributed by atoms with Gasteiger partial charge in [-0.25, -0.2) is 10.4 Å². The summed E-state index contributed by atoms with van der Waals surface area (Å²) in [6.07, 6.45) is 1.55. The Bertz CT molecular complexity index is 775. The molecule has 0 atom stereocenters. The average Bonchev–Trinajstić information content (AvgIpc) is 3.19. The van der Waals surface area contributed by atoms with Crippen LogP contribution in [0.3, 0.4) is 0 Å². The Morgan fingerprint density at radius 2 is 2.18 bits per heavy atom. The van der Waals surface area contributed by atoms with E-state index in [1.165, 1.54) is 11.8 Å². The Kier molecular flexibility index (Phi) is 4.24. The highest BCUT2D eigenvalue weighted by Gasteiger charge is 2.09. The summed E-state index contributed by atoms with van der Waals surface area (Å²) in [6, 6.07) is 11.0. The van der Waals surface area contributed by atoms with Crippen LogP contribution in [0.1, 0.15) is 12.7 Å². The van der Waals surface area contributed by atoms with Crippen LogP contribution in [-0.2, 0) is 4.79 Å². The molecule has 3 rings (SSSR count). The summed E-state index contributed by atoms with van der Waals surface area (Å²) >= 11 is 1.22. The average molecular weight is 315 g/mol. The second-order valence-corrected chi connectivity index (χ2v) is 5.37. The van der Waals surface area contributed by atoms with Crippen molar-refractivity contribution >= 4 is 34.5 Å². The molecule has 0 aliphatic heterocycles. The van der Waals surface area contributed by atoms with E-state index < -0.39 is 0 Å². The number of benzene rings is 1. The zero-order valence-electron chi connectivity index (χ0n) is 11.8. The molecule has 0 radical (unpaired) electrons. The van der Waals surface area contributed by atoms with Gasteiger partial charge in [-0.15, -0.1) is 0 Å². The molecule has 0 bridgehead atoms. The van der Waals surface area contributed by atoms with E-state index in [1.54, 1.807) is 25.3 Å². The van der Waals surface area contributed by atoms with E-state index in [-0.39, 0.29) is 11.7 Å². The number of fused-ring (bicyclic) bond motifs is 1. The van der Waals surface area contributed by atoms with Gasteiger partial charge in [0.2, 0.25) is 0 Å². The molecule has 22 heavy (non-hydrogen) atoms. The van der Waals surface area contributed by atoms with E-state index in [2.05, 4.69) is 15.5 Å². The van der Waals surface area contributed by atoms with E-state index in [9.17, 15) is 4.79 Å². The standard InChI is InChI=1S/C15H13N3O3S/c1-10(12-7-4-8-20-12)17-18-14(19)9-22-15-16-11-5-2-3-6-13(11)21-15/h2-8H,9H2,1H3,(H,18,19). The van der Waals surface area contributed by atoms with Crippen molar-refractivity contribution in [1.82, 2.24) is 10.4 Å². The molecule has 1 aromatic carbocycles. The van der Waals surface area contributed by atoms with Crippen LogP contribution in [0.2, 0.25) is 0 Å². The molecule has 0 saturated heterocycles. The number of nitrogens with one attached hydrogen (secondary N) is 1. The lowest BCUT2D eigenvalue weighted by atomic mass is 10.3. The van der Waals surface area contributed by atoms with Crippen LogP contribution >= 0.6 is 11.8 Å². The summed E-state index contributed by atoms with van der Waals surface area (Å²) in [4.78, 5) is 16.1. The minimum Gasteiger partial charge on any atom is -0.463 e. The second-order valence-electron chi connectivity index (χ2n) is 4.45. The first-order valence-corrected chi connectivity index (χ1v) is 7.56. The first-order valence-electron chi connectivity index (χ1n) is 6.58. The van der Waals surface area contributed by atoms with Crippen LogP contribution in [0, 0.1) is 0 Å². The molecule has 6 nitrogen and oxygen atoms in total. The molecule has 1 N–H and O–H groups in total. The second kappa shape index (κ2) is 6.48. The fraction of sp³-hybridized carbons (Fsp3) is 0.133. The predicted molar refractivity (Wildman–Crippen MR) is 83.8 cm³/mol. The number of nitrogens with zero attached hydrogens (tertiary/aromatic N) is 2. The van der Waals surface area contributed by atoms with Gasteiger partial charge in [-0.05, 0) is 31.2 Å². The van der Waals surface area contributed by atoms with Gasteiger partial charge in [-0.2, -0.15) is 5.10 Å². The lowest BCUT2D eigenvalue weighted by Gasteiger charge is -1.99. The van der Waals surface area contributed by atoms with Crippen LogP contribution in [0.5, 0.6) is 0 Å². The molecule has 2 aromatic heterocycles. The van der Waals surface area contributed by atoms with Gasteiger partial charge in [0, 0.05) is 0 Å². The van der Waals surface area contributed by atoms with E-state index in [0.717, 1.165) is 5.52 Å². The van der Waals surface area contributed by atoms with E-state index in [0.29, 0.717) is 22.3 Å². The highest BCUT2D eigenvalue weighted by Crippen LogP contribution is 2.22. The topological polar surface area (TPSA) is 80.6 Å². The van der Waals surface area contributed by atoms with Crippen molar-refractivity contribution in [2.75, 3.05) is 5.75 Å². The number of furan rings is 1. The van der Waals surface area contributed by atoms with Crippen LogP contribution in [0.25, 0.3) is 11.1 Å². The van der Waals surface area contributed by atoms with Gasteiger partial charge in [0.15, 0.2) is 5.58 Å². The normalized spacial score (nSPS) is 11.8. The quantitative estimate of drug-likeness (QED) is 0.444. The number of hydrogen-bond acceptors (Lipinski definition) is 6. The number of carbonyl (C=O) groups excluding carboxylic acids is 1. The maximum Gasteiger partial charge on any atom is 0.257 e. The predicted octanol–water partition coefficient (Wildman–Crippen LogP) is 3.05. The van der Waals surface area contributed by atoms with E-state index in [4.69, 9.17) is 8.83 Å². The van der Waals surface area contributed by atoms with Crippen molar-refractivity contribution in [3.05, 3.63) is 48.4 Å². The molecule has 0 fully saturated rings. The molecule has 0 aliphatic carbocycles. The van der Waals surface area contributed by atoms with Crippen LogP contribution in [0.15, 0.2) is 61.8 Å². The van der Waals surface area contributed by atoms with E-state index in [1.807, 2.05) is 24.3 Å². The lowest BCUT2D eigenvalue weighted by molar-refractivity contribution is -0.118. The van der Waals surface area contributed by atoms with Gasteiger partial charge in [0.25, 0.3) is 11.1 Å². The van der Waals surface area contributed by atoms with Crippen molar-refractivity contribution in [3.8, 4) is 0 Å². The summed E-state index contributed by atoms with van der Waals surface area (Å²) in [5, 5.41) is 4.44. The first kappa shape index (κ1) is 14.4. The molecule has 0 saturated carbocycles. The van der Waals surface area contributed by atoms with Gasteiger partial charge in [0.1, 0.15) is 17.0 Å². The Morgan fingerprint density at radius 3 is 2.95 bits per heavy atom. The van der Waals surface area contributed by atoms with Crippen molar-refractivity contribution in [2.45, 2.75) is 12.1 Å². The molecule has 0 aliphatic rings. The summed E-state index contributed by atoms with van der Waals surface area (Å²) < 4.78 is 10.7. The van der Waals surface area contributed by atoms with E-state index >= 15 is 0 Å². The maximum atomic E-state index is 11.8. The van der Waals surface area contributed by atoms with Crippen LogP contribution in [0.4, 0.5) is 0 Å². The number of hydrazone groups is 1. The fourth-order valence-corrected chi connectivity index (χ4v) is 2.39. The fourth-order valence-electron chi connectivity index (χ4n) is 1.76. The molecule has 112 valence electrons. The van der Waals surface area contributed by atoms with Gasteiger partial charge < -0.3 is 8.83 Å². The number of rotatable bonds is 5. The third-order valence-electron chi connectivity index (χ3n) is 2.83. The number of carbonyl (C=O) groups is 1. The van der Waals surface area contributed by atoms with Gasteiger partial charge in [0.05, 0.1) is 12.0 Å². The third kappa shape index (κ3) is 3.37. The molecule has 0 spiro atoms. The highest BCUT2D eigenvalue weighted by atomic mass is 32.2. The lowest BCUT2D eigenvalue weighted by Crippen LogP contribution is -2.21. The minimum absolute atomic E-state index is 0.168. The number of aromatic nitrogens is 1. The minimum atomic E-state index is -0.238. The number of hydrogen-bond donors (Lipinski definition) is 1. The molecule has 7 heteroatoms. The van der Waals surface area contributed by atoms with Crippen molar-refractivity contribution in [3.63, 3.8) is 0 Å². The van der Waals surface area contributed by atoms with Crippen molar-refractivity contribution < 1.29 is 13.6 Å². The molecule has 0 unspecified atom stereocenters. The third-order valence-corrected chi connectivity index (χ3v) is 3.66. The molecular weight excluding hydrogens is 302 g/mol. The smallest absolute Gasteiger partial charge is 0.257 e. The number of para-hydroxylation sites is 2. The maximum absolute atomic E-state index is 11.8. The zero-order valence-corrected chi connectivity index (χ0v) is 12.6. The zero-order chi connectivity index (χ0) is 15.4. The highest BCUT2D eigenvalue weighted by molar-refractivity contribution is 7.99. The van der Waals surface area contributed by atoms with Gasteiger partial charge in [-0.3, -0.25) is 4.79 Å².